The fourth-order valence-corrected chi connectivity index (χ4v) is 9.96. The van der Waals surface area contributed by atoms with Crippen LogP contribution >= 0.6 is 0 Å². The maximum atomic E-state index is 5.54. The third-order valence-corrected chi connectivity index (χ3v) is 13.1. The molecule has 62 heavy (non-hydrogen) atoms. The standard InChI is InChI=1S/C59H49N3/c1-6-17-40(18-7-1)49-35-50(41-19-8-2-9-20-41)37-51(36-49)57-39-56(44-25-14-5-15-26-44)61-59(62-57)48-28-16-27-45(34-48)46-29-31-52-47(33-46)30-32-54-58(52)53(42-21-10-3-11-22-42)38-55(60-54)43-23-12-4-13-24-43/h1-23,25-29,31,33-36,38-39,43,50,55,57,60H,24,30,32,37H2,(H,61,62). The number of aryl methyl sites for hydroxylation is 1. The molecule has 11 rings (SSSR count). The minimum atomic E-state index is -0.129. The van der Waals surface area contributed by atoms with Crippen molar-refractivity contribution in [3.63, 3.8) is 0 Å². The zero-order valence-corrected chi connectivity index (χ0v) is 34.8. The van der Waals surface area contributed by atoms with Gasteiger partial charge < -0.3 is 10.6 Å². The quantitative estimate of drug-likeness (QED) is 0.161. The first-order valence-electron chi connectivity index (χ1n) is 22.2. The zero-order valence-electron chi connectivity index (χ0n) is 34.8. The summed E-state index contributed by atoms with van der Waals surface area (Å²) >= 11 is 0. The van der Waals surface area contributed by atoms with E-state index in [1.165, 1.54) is 66.9 Å². The van der Waals surface area contributed by atoms with Crippen molar-refractivity contribution in [3.05, 3.63) is 263 Å². The summed E-state index contributed by atoms with van der Waals surface area (Å²) in [5.41, 5.74) is 18.9. The number of aliphatic imine (C=N–C) groups is 1. The zero-order chi connectivity index (χ0) is 41.2. The van der Waals surface area contributed by atoms with E-state index in [0.717, 1.165) is 48.3 Å². The van der Waals surface area contributed by atoms with Gasteiger partial charge in [-0.1, -0.05) is 200 Å². The van der Waals surface area contributed by atoms with Crippen molar-refractivity contribution in [2.45, 2.75) is 43.7 Å². The highest BCUT2D eigenvalue weighted by atomic mass is 15.0. The van der Waals surface area contributed by atoms with E-state index in [2.05, 4.69) is 223 Å². The number of nitrogens with one attached hydrogen (secondary N) is 2. The third-order valence-electron chi connectivity index (χ3n) is 13.1. The maximum Gasteiger partial charge on any atom is 0.133 e. The largest absolute Gasteiger partial charge is 0.381 e. The summed E-state index contributed by atoms with van der Waals surface area (Å²) in [6.07, 6.45) is 22.6. The number of rotatable bonds is 8. The first-order valence-corrected chi connectivity index (χ1v) is 22.2. The normalized spacial score (nSPS) is 21.5. The lowest BCUT2D eigenvalue weighted by molar-refractivity contribution is 0.499. The van der Waals surface area contributed by atoms with Gasteiger partial charge in [-0.25, -0.2) is 0 Å². The Morgan fingerprint density at radius 2 is 1.26 bits per heavy atom. The van der Waals surface area contributed by atoms with E-state index in [1.54, 1.807) is 0 Å². The SMILES string of the molecule is C1=CCC(C2C=C(c3ccccc3)C3=C(CCc4cc(-c5cccc(C6=NC(C7=CC(c8ccccc8)=CC(c8ccccc8)C7)C=C(c7ccccc7)N6)c5)ccc43)N2)C=C1. The first-order chi connectivity index (χ1) is 30.7. The number of fused-ring (bicyclic) bond motifs is 2. The summed E-state index contributed by atoms with van der Waals surface area (Å²) in [5.74, 6) is 1.59. The van der Waals surface area contributed by atoms with Crippen molar-refractivity contribution < 1.29 is 0 Å². The second-order valence-corrected chi connectivity index (χ2v) is 17.1. The number of nitrogens with zero attached hydrogens (tertiary/aromatic N) is 1. The van der Waals surface area contributed by atoms with Gasteiger partial charge in [-0.05, 0) is 99.1 Å². The number of allylic oxidation sites excluding steroid dienone is 9. The molecule has 0 fully saturated rings. The third kappa shape index (κ3) is 7.56. The van der Waals surface area contributed by atoms with Gasteiger partial charge in [0.05, 0.1) is 12.1 Å². The van der Waals surface area contributed by atoms with Crippen LogP contribution in [0.1, 0.15) is 64.1 Å². The maximum absolute atomic E-state index is 5.54. The molecule has 4 unspecified atom stereocenters. The Kier molecular flexibility index (Phi) is 10.1. The fraction of sp³-hybridized carbons (Fsp3) is 0.136. The second kappa shape index (κ2) is 16.7. The molecular formula is C59H49N3. The Labute approximate surface area is 365 Å². The molecule has 0 bridgehead atoms. The molecule has 0 saturated heterocycles. The molecule has 0 spiro atoms. The number of hydrogen-bond acceptors (Lipinski definition) is 3. The predicted octanol–water partition coefficient (Wildman–Crippen LogP) is 13.2. The van der Waals surface area contributed by atoms with E-state index in [9.17, 15) is 0 Å². The number of benzene rings is 6. The van der Waals surface area contributed by atoms with Crippen molar-refractivity contribution in [3.8, 4) is 11.1 Å². The topological polar surface area (TPSA) is 36.4 Å². The molecule has 300 valence electrons. The molecule has 2 aliphatic heterocycles. The monoisotopic (exact) mass is 799 g/mol. The molecule has 2 N–H and O–H groups in total. The van der Waals surface area contributed by atoms with Gasteiger partial charge in [0.15, 0.2) is 0 Å². The van der Waals surface area contributed by atoms with Crippen LogP contribution in [0.3, 0.4) is 0 Å². The molecule has 3 nitrogen and oxygen atoms in total. The lowest BCUT2D eigenvalue weighted by Crippen LogP contribution is -2.37. The summed E-state index contributed by atoms with van der Waals surface area (Å²) in [6, 6.07) is 59.5. The first kappa shape index (κ1) is 37.7. The molecule has 6 aromatic carbocycles. The van der Waals surface area contributed by atoms with Crippen LogP contribution < -0.4 is 10.6 Å². The molecule has 0 amide bonds. The molecular weight excluding hydrogens is 751 g/mol. The summed E-state index contributed by atoms with van der Waals surface area (Å²) in [6.45, 7) is 0. The molecule has 3 heteroatoms. The van der Waals surface area contributed by atoms with Crippen LogP contribution in [0, 0.1) is 5.92 Å². The van der Waals surface area contributed by atoms with Crippen LogP contribution in [0.4, 0.5) is 0 Å². The minimum absolute atomic E-state index is 0.129. The number of hydrogen-bond donors (Lipinski definition) is 2. The summed E-state index contributed by atoms with van der Waals surface area (Å²) in [4.78, 5) is 5.54. The highest BCUT2D eigenvalue weighted by molar-refractivity contribution is 6.09. The van der Waals surface area contributed by atoms with Gasteiger partial charge in [0, 0.05) is 34.4 Å². The van der Waals surface area contributed by atoms with Crippen molar-refractivity contribution >= 4 is 28.3 Å². The molecule has 6 aromatic rings. The second-order valence-electron chi connectivity index (χ2n) is 17.1. The smallest absolute Gasteiger partial charge is 0.133 e. The summed E-state index contributed by atoms with van der Waals surface area (Å²) in [7, 11) is 0. The van der Waals surface area contributed by atoms with Gasteiger partial charge in [-0.15, -0.1) is 0 Å². The highest BCUT2D eigenvalue weighted by Crippen LogP contribution is 2.45. The predicted molar refractivity (Wildman–Crippen MR) is 259 cm³/mol. The van der Waals surface area contributed by atoms with Gasteiger partial charge in [0.1, 0.15) is 5.84 Å². The van der Waals surface area contributed by atoms with E-state index in [4.69, 9.17) is 4.99 Å². The van der Waals surface area contributed by atoms with Crippen LogP contribution in [0.25, 0.3) is 33.5 Å². The summed E-state index contributed by atoms with van der Waals surface area (Å²) in [5, 5.41) is 7.80. The van der Waals surface area contributed by atoms with Crippen LogP contribution in [-0.4, -0.2) is 17.9 Å². The Bertz CT molecular complexity index is 2890. The Morgan fingerprint density at radius 1 is 0.565 bits per heavy atom. The lowest BCUT2D eigenvalue weighted by Gasteiger charge is -2.36. The highest BCUT2D eigenvalue weighted by Gasteiger charge is 2.31. The van der Waals surface area contributed by atoms with Gasteiger partial charge in [-0.2, -0.15) is 0 Å². The van der Waals surface area contributed by atoms with Crippen LogP contribution in [0.15, 0.2) is 229 Å². The van der Waals surface area contributed by atoms with Crippen molar-refractivity contribution in [2.75, 3.05) is 0 Å². The fourth-order valence-electron chi connectivity index (χ4n) is 9.96. The van der Waals surface area contributed by atoms with E-state index >= 15 is 0 Å². The molecule has 4 atom stereocenters. The minimum Gasteiger partial charge on any atom is -0.381 e. The molecule has 0 aromatic heterocycles. The molecule has 0 radical (unpaired) electrons. The van der Waals surface area contributed by atoms with E-state index in [-0.39, 0.29) is 18.0 Å². The number of dihydropyridines is 1. The average molecular weight is 800 g/mol. The van der Waals surface area contributed by atoms with Crippen LogP contribution in [0.2, 0.25) is 0 Å². The van der Waals surface area contributed by atoms with E-state index in [0.29, 0.717) is 5.92 Å². The van der Waals surface area contributed by atoms with Gasteiger partial charge in [-0.3, -0.25) is 4.99 Å². The van der Waals surface area contributed by atoms with Crippen LogP contribution in [0.5, 0.6) is 0 Å². The molecule has 0 saturated carbocycles. The Balaban J connectivity index is 0.942. The van der Waals surface area contributed by atoms with Gasteiger partial charge >= 0.3 is 0 Å². The van der Waals surface area contributed by atoms with Crippen molar-refractivity contribution in [2.24, 2.45) is 10.9 Å². The van der Waals surface area contributed by atoms with E-state index in [1.807, 2.05) is 0 Å². The average Bonchev–Trinajstić information content (AvgIpc) is 3.37. The van der Waals surface area contributed by atoms with Gasteiger partial charge in [0.2, 0.25) is 0 Å². The van der Waals surface area contributed by atoms with E-state index < -0.39 is 0 Å². The van der Waals surface area contributed by atoms with Gasteiger partial charge in [0.25, 0.3) is 0 Å². The molecule has 3 aliphatic carbocycles. The molecule has 2 heterocycles. The van der Waals surface area contributed by atoms with Crippen molar-refractivity contribution in [1.82, 2.24) is 10.6 Å². The Morgan fingerprint density at radius 3 is 2.02 bits per heavy atom. The number of amidine groups is 1. The van der Waals surface area contributed by atoms with Crippen LogP contribution in [-0.2, 0) is 6.42 Å². The van der Waals surface area contributed by atoms with Crippen molar-refractivity contribution in [1.29, 1.82) is 0 Å². The molecule has 5 aliphatic rings. The lowest BCUT2D eigenvalue weighted by atomic mass is 9.77. The Hall–Kier alpha value is -7.23. The summed E-state index contributed by atoms with van der Waals surface area (Å²) < 4.78 is 0.